The molecule has 186 valence electrons. The number of hydrogen-bond acceptors (Lipinski definition) is 1. The highest BCUT2D eigenvalue weighted by atomic mass is 16.4. The Morgan fingerprint density at radius 1 is 0.516 bits per heavy atom. The van der Waals surface area contributed by atoms with E-state index < -0.39 is 5.97 Å². The molecule has 0 aliphatic rings. The van der Waals surface area contributed by atoms with Crippen molar-refractivity contribution in [3.8, 4) is 0 Å². The third kappa shape index (κ3) is 27.4. The van der Waals surface area contributed by atoms with Gasteiger partial charge in [-0.3, -0.25) is 4.79 Å². The number of carboxylic acid groups (broad SMARTS) is 1. The zero-order chi connectivity index (χ0) is 22.8. The number of aliphatic carboxylic acids is 1. The molecular formula is C29H58O2. The minimum atomic E-state index is -0.650. The summed E-state index contributed by atoms with van der Waals surface area (Å²) in [6, 6.07) is 0. The van der Waals surface area contributed by atoms with E-state index in [0.717, 1.165) is 18.8 Å². The summed E-state index contributed by atoms with van der Waals surface area (Å²) in [6.45, 7) is 4.72. The van der Waals surface area contributed by atoms with E-state index in [4.69, 9.17) is 5.11 Å². The molecule has 0 bridgehead atoms. The van der Waals surface area contributed by atoms with Crippen LogP contribution < -0.4 is 0 Å². The van der Waals surface area contributed by atoms with Crippen LogP contribution in [0.2, 0.25) is 0 Å². The lowest BCUT2D eigenvalue weighted by Crippen LogP contribution is -1.95. The molecule has 0 spiro atoms. The number of unbranched alkanes of at least 4 members (excludes halogenated alkanes) is 20. The van der Waals surface area contributed by atoms with Crippen molar-refractivity contribution in [3.63, 3.8) is 0 Å². The molecule has 2 nitrogen and oxygen atoms in total. The molecule has 0 aromatic carbocycles. The Labute approximate surface area is 196 Å². The van der Waals surface area contributed by atoms with E-state index in [1.165, 1.54) is 141 Å². The third-order valence-corrected chi connectivity index (χ3v) is 6.89. The molecule has 0 fully saturated rings. The van der Waals surface area contributed by atoms with E-state index >= 15 is 0 Å². The summed E-state index contributed by atoms with van der Waals surface area (Å²) in [5.41, 5.74) is 0. The van der Waals surface area contributed by atoms with Gasteiger partial charge in [0.15, 0.2) is 0 Å². The maximum atomic E-state index is 10.5. The van der Waals surface area contributed by atoms with Crippen LogP contribution in [0.1, 0.15) is 174 Å². The van der Waals surface area contributed by atoms with Crippen molar-refractivity contribution >= 4 is 5.97 Å². The van der Waals surface area contributed by atoms with Gasteiger partial charge in [0.2, 0.25) is 0 Å². The average Bonchev–Trinajstić information content (AvgIpc) is 2.75. The minimum Gasteiger partial charge on any atom is -0.481 e. The molecule has 1 unspecified atom stereocenters. The lowest BCUT2D eigenvalue weighted by Gasteiger charge is -2.11. The van der Waals surface area contributed by atoms with Crippen LogP contribution in [0.15, 0.2) is 0 Å². The Bertz CT molecular complexity index is 353. The standard InChI is InChI=1S/C29H58O2/c1-3-4-5-6-7-8-9-10-11-12-13-14-15-16-19-22-25-28(2)26-23-20-17-18-21-24-27-29(30)31/h28H,3-27H2,1-2H3,(H,30,31). The Morgan fingerprint density at radius 3 is 1.13 bits per heavy atom. The number of rotatable bonds is 26. The molecule has 0 saturated heterocycles. The van der Waals surface area contributed by atoms with Crippen molar-refractivity contribution in [1.82, 2.24) is 0 Å². The Hall–Kier alpha value is -0.530. The lowest BCUT2D eigenvalue weighted by molar-refractivity contribution is -0.137. The van der Waals surface area contributed by atoms with Crippen LogP contribution in [0.3, 0.4) is 0 Å². The van der Waals surface area contributed by atoms with Crippen molar-refractivity contribution < 1.29 is 9.90 Å². The number of carbonyl (C=O) groups is 1. The Balaban J connectivity index is 3.14. The lowest BCUT2D eigenvalue weighted by atomic mass is 9.95. The van der Waals surface area contributed by atoms with Gasteiger partial charge in [-0.05, 0) is 12.3 Å². The summed E-state index contributed by atoms with van der Waals surface area (Å²) in [6.07, 6.45) is 33.4. The smallest absolute Gasteiger partial charge is 0.303 e. The summed E-state index contributed by atoms with van der Waals surface area (Å²) in [5, 5.41) is 8.63. The second kappa shape index (κ2) is 25.7. The van der Waals surface area contributed by atoms with Crippen LogP contribution in [-0.4, -0.2) is 11.1 Å². The molecule has 0 saturated carbocycles. The van der Waals surface area contributed by atoms with Gasteiger partial charge in [0, 0.05) is 6.42 Å². The van der Waals surface area contributed by atoms with Gasteiger partial charge in [0.25, 0.3) is 0 Å². The molecule has 0 aliphatic heterocycles. The fourth-order valence-electron chi connectivity index (χ4n) is 4.66. The van der Waals surface area contributed by atoms with Gasteiger partial charge in [-0.1, -0.05) is 162 Å². The van der Waals surface area contributed by atoms with Gasteiger partial charge in [-0.25, -0.2) is 0 Å². The van der Waals surface area contributed by atoms with Crippen LogP contribution in [0.4, 0.5) is 0 Å². The highest BCUT2D eigenvalue weighted by Gasteiger charge is 2.03. The zero-order valence-corrected chi connectivity index (χ0v) is 21.6. The molecule has 1 atom stereocenters. The predicted octanol–water partition coefficient (Wildman–Crippen LogP) is 10.5. The van der Waals surface area contributed by atoms with Crippen molar-refractivity contribution in [2.24, 2.45) is 5.92 Å². The topological polar surface area (TPSA) is 37.3 Å². The molecular weight excluding hydrogens is 380 g/mol. The van der Waals surface area contributed by atoms with E-state index in [1.807, 2.05) is 0 Å². The second-order valence-corrected chi connectivity index (χ2v) is 10.3. The van der Waals surface area contributed by atoms with E-state index in [9.17, 15) is 4.79 Å². The Kier molecular flexibility index (Phi) is 25.3. The molecule has 0 heterocycles. The molecule has 0 aliphatic carbocycles. The zero-order valence-electron chi connectivity index (χ0n) is 21.6. The summed E-state index contributed by atoms with van der Waals surface area (Å²) in [7, 11) is 0. The normalized spacial score (nSPS) is 12.3. The van der Waals surface area contributed by atoms with Crippen LogP contribution in [0.25, 0.3) is 0 Å². The van der Waals surface area contributed by atoms with Crippen LogP contribution >= 0.6 is 0 Å². The molecule has 0 amide bonds. The maximum Gasteiger partial charge on any atom is 0.303 e. The second-order valence-electron chi connectivity index (χ2n) is 10.3. The molecule has 0 aromatic rings. The van der Waals surface area contributed by atoms with E-state index in [1.54, 1.807) is 0 Å². The van der Waals surface area contributed by atoms with Gasteiger partial charge in [-0.2, -0.15) is 0 Å². The number of hydrogen-bond donors (Lipinski definition) is 1. The fourth-order valence-corrected chi connectivity index (χ4v) is 4.66. The summed E-state index contributed by atoms with van der Waals surface area (Å²) in [4.78, 5) is 10.5. The monoisotopic (exact) mass is 438 g/mol. The van der Waals surface area contributed by atoms with Crippen LogP contribution in [0, 0.1) is 5.92 Å². The largest absolute Gasteiger partial charge is 0.481 e. The highest BCUT2D eigenvalue weighted by molar-refractivity contribution is 5.66. The first-order valence-corrected chi connectivity index (χ1v) is 14.4. The maximum absolute atomic E-state index is 10.5. The van der Waals surface area contributed by atoms with Gasteiger partial charge in [0.05, 0.1) is 0 Å². The predicted molar refractivity (Wildman–Crippen MR) is 138 cm³/mol. The highest BCUT2D eigenvalue weighted by Crippen LogP contribution is 2.19. The van der Waals surface area contributed by atoms with E-state index in [2.05, 4.69) is 13.8 Å². The molecule has 0 radical (unpaired) electrons. The molecule has 31 heavy (non-hydrogen) atoms. The first-order valence-electron chi connectivity index (χ1n) is 14.4. The third-order valence-electron chi connectivity index (χ3n) is 6.89. The van der Waals surface area contributed by atoms with Crippen molar-refractivity contribution in [1.29, 1.82) is 0 Å². The Morgan fingerprint density at radius 2 is 0.806 bits per heavy atom. The van der Waals surface area contributed by atoms with Gasteiger partial charge in [0.1, 0.15) is 0 Å². The van der Waals surface area contributed by atoms with E-state index in [-0.39, 0.29) is 0 Å². The fraction of sp³-hybridized carbons (Fsp3) is 0.966. The first-order chi connectivity index (χ1) is 15.2. The van der Waals surface area contributed by atoms with E-state index in [0.29, 0.717) is 6.42 Å². The SMILES string of the molecule is CCCCCCCCCCCCCCCCCCC(C)CCCCCCCCC(=O)O. The van der Waals surface area contributed by atoms with Crippen LogP contribution in [-0.2, 0) is 4.79 Å². The minimum absolute atomic E-state index is 0.344. The molecule has 1 N–H and O–H groups in total. The van der Waals surface area contributed by atoms with Crippen molar-refractivity contribution in [2.45, 2.75) is 174 Å². The van der Waals surface area contributed by atoms with Gasteiger partial charge < -0.3 is 5.11 Å². The molecule has 2 heteroatoms. The molecule has 0 rings (SSSR count). The van der Waals surface area contributed by atoms with Gasteiger partial charge >= 0.3 is 5.97 Å². The van der Waals surface area contributed by atoms with Crippen LogP contribution in [0.5, 0.6) is 0 Å². The molecule has 0 aromatic heterocycles. The average molecular weight is 439 g/mol. The van der Waals surface area contributed by atoms with Crippen molar-refractivity contribution in [3.05, 3.63) is 0 Å². The van der Waals surface area contributed by atoms with Gasteiger partial charge in [-0.15, -0.1) is 0 Å². The quantitative estimate of drug-likeness (QED) is 0.136. The summed E-state index contributed by atoms with van der Waals surface area (Å²) >= 11 is 0. The summed E-state index contributed by atoms with van der Waals surface area (Å²) in [5.74, 6) is 0.238. The summed E-state index contributed by atoms with van der Waals surface area (Å²) < 4.78 is 0. The number of carboxylic acids is 1. The van der Waals surface area contributed by atoms with Crippen molar-refractivity contribution in [2.75, 3.05) is 0 Å². The first kappa shape index (κ1) is 30.5.